The fourth-order valence-electron chi connectivity index (χ4n) is 13.8. The molecule has 0 saturated carbocycles. The predicted molar refractivity (Wildman–Crippen MR) is 440 cm³/mol. The van der Waals surface area contributed by atoms with Crippen molar-refractivity contribution in [2.75, 3.05) is 0 Å². The van der Waals surface area contributed by atoms with Crippen molar-refractivity contribution < 1.29 is 0 Å². The Morgan fingerprint density at radius 2 is 0.758 bits per heavy atom. The van der Waals surface area contributed by atoms with Crippen molar-refractivity contribution in [1.82, 2.24) is 0 Å². The Labute approximate surface area is 606 Å². The van der Waals surface area contributed by atoms with Crippen molar-refractivity contribution in [3.05, 3.63) is 262 Å². The van der Waals surface area contributed by atoms with Gasteiger partial charge in [-0.2, -0.15) is 10.5 Å². The Morgan fingerprint density at radius 3 is 1.14 bits per heavy atom. The summed E-state index contributed by atoms with van der Waals surface area (Å²) in [6.07, 6.45) is -13.4. The van der Waals surface area contributed by atoms with E-state index >= 15 is 0 Å². The van der Waals surface area contributed by atoms with Crippen molar-refractivity contribution in [3.8, 4) is 46.5 Å². The summed E-state index contributed by atoms with van der Waals surface area (Å²) in [4.78, 5) is 40.7. The van der Waals surface area contributed by atoms with Gasteiger partial charge in [0.2, 0.25) is 11.4 Å². The average Bonchev–Trinajstić information content (AvgIpc) is 1.65. The third-order valence-corrected chi connectivity index (χ3v) is 17.9. The number of benzene rings is 6. The number of hydrogen-bond donors (Lipinski definition) is 0. The molecule has 0 aromatic heterocycles. The minimum Gasteiger partial charge on any atom is -0.290 e. The molecule has 0 unspecified atom stereocenters. The number of nitrogens with zero attached hydrogens (tertiary/aromatic N) is 8. The van der Waals surface area contributed by atoms with Crippen molar-refractivity contribution >= 4 is 281 Å². The zero-order chi connectivity index (χ0) is 72.4. The second-order valence-electron chi connectivity index (χ2n) is 23.6. The number of fused-ring (bicyclic) bond motifs is 4. The quantitative estimate of drug-likeness (QED) is 0.0706. The fourth-order valence-corrected chi connectivity index (χ4v) is 13.8. The summed E-state index contributed by atoms with van der Waals surface area (Å²) in [5.74, 6) is 0. The van der Waals surface area contributed by atoms with Crippen LogP contribution in [0.25, 0.3) is 96.7 Å². The molecule has 0 aliphatic heterocycles. The number of nitriles is 4. The Morgan fingerprint density at radius 1 is 0.394 bits per heavy atom. The molecule has 41 heteroatoms. The van der Waals surface area contributed by atoms with Crippen LogP contribution in [0.15, 0.2) is 167 Å². The maximum atomic E-state index is 13.2. The Kier molecular flexibility index (Phi) is 25.5. The van der Waals surface area contributed by atoms with E-state index < -0.39 is 89.4 Å². The van der Waals surface area contributed by atoms with Gasteiger partial charge in [0.1, 0.15) is 12.1 Å². The van der Waals surface area contributed by atoms with Crippen LogP contribution in [0.5, 0.6) is 0 Å². The highest BCUT2D eigenvalue weighted by atomic mass is 16.1. The molecule has 0 N–H and O–H groups in total. The third-order valence-electron chi connectivity index (χ3n) is 17.9. The molecule has 10 nitrogen and oxygen atoms in total. The normalized spacial score (nSPS) is 12.2. The molecule has 2 aliphatic rings. The van der Waals surface area contributed by atoms with Crippen molar-refractivity contribution in [3.63, 3.8) is 0 Å². The van der Waals surface area contributed by atoms with Crippen molar-refractivity contribution in [2.24, 2.45) is 0 Å². The largest absolute Gasteiger partial charge is 0.290 e. The van der Waals surface area contributed by atoms with Gasteiger partial charge in [-0.1, -0.05) is 133 Å². The molecule has 401 valence electrons. The van der Waals surface area contributed by atoms with E-state index in [1.165, 1.54) is 7.06 Å². The Bertz CT molecular complexity index is 4680. The zero-order valence-electron chi connectivity index (χ0n) is 53.1. The zero-order valence-corrected chi connectivity index (χ0v) is 53.1. The molecule has 0 saturated heterocycles. The summed E-state index contributed by atoms with van der Waals surface area (Å²) in [7, 11) is 98.1. The molecule has 0 heterocycles. The molecule has 0 atom stereocenters. The summed E-state index contributed by atoms with van der Waals surface area (Å²) in [6.45, 7) is 31.0. The molecule has 0 bridgehead atoms. The molecule has 99 heavy (non-hydrogen) atoms. The lowest BCUT2D eigenvalue weighted by Crippen LogP contribution is -2.89. The van der Waals surface area contributed by atoms with Gasteiger partial charge in [0.25, 0.3) is 11.4 Å². The molecule has 0 spiro atoms. The van der Waals surface area contributed by atoms with Crippen LogP contribution in [-0.4, -0.2) is 220 Å². The van der Waals surface area contributed by atoms with Crippen LogP contribution in [0.4, 0.5) is 5.69 Å². The van der Waals surface area contributed by atoms with Crippen LogP contribution >= 0.6 is 0 Å². The minimum atomic E-state index is -1.07. The summed E-state index contributed by atoms with van der Waals surface area (Å²) in [5.41, 5.74) is 7.04. The van der Waals surface area contributed by atoms with E-state index in [0.717, 1.165) is 0 Å². The van der Waals surface area contributed by atoms with Crippen LogP contribution < -0.4 is 10.9 Å². The molecular formula is C58H24B31N8O2. The molecule has 10 rings (SSSR count). The van der Waals surface area contributed by atoms with E-state index in [1.807, 2.05) is 97.1 Å². The van der Waals surface area contributed by atoms with Gasteiger partial charge >= 0.3 is 0 Å². The van der Waals surface area contributed by atoms with Gasteiger partial charge in [0.15, 0.2) is 10.9 Å². The van der Waals surface area contributed by atoms with Crippen LogP contribution in [0.3, 0.4) is 0 Å². The molecule has 8 aromatic rings. The van der Waals surface area contributed by atoms with E-state index in [9.17, 15) is 30.6 Å². The number of hydrogen-bond acceptors (Lipinski definition) is 6. The lowest BCUT2D eigenvalue weighted by Gasteiger charge is -2.50. The second-order valence-corrected chi connectivity index (χ2v) is 23.6. The molecule has 2 aliphatic carbocycles. The van der Waals surface area contributed by atoms with E-state index in [4.69, 9.17) is 150 Å². The van der Waals surface area contributed by atoms with Crippen LogP contribution in [-0.2, 0) is 0 Å². The maximum absolute atomic E-state index is 13.2. The van der Waals surface area contributed by atoms with Gasteiger partial charge in [-0.3, -0.25) is 9.59 Å². The first-order valence-corrected chi connectivity index (χ1v) is 30.5. The van der Waals surface area contributed by atoms with Crippen LogP contribution in [0.2, 0.25) is 0 Å². The van der Waals surface area contributed by atoms with Crippen molar-refractivity contribution in [2.45, 2.75) is 0 Å². The van der Waals surface area contributed by atoms with Gasteiger partial charge in [-0.15, -0.1) is 0 Å². The van der Waals surface area contributed by atoms with E-state index in [0.29, 0.717) is 99.5 Å². The molecule has 8 aromatic carbocycles. The second kappa shape index (κ2) is 33.3. The third kappa shape index (κ3) is 14.9. The number of rotatable bonds is 18. The van der Waals surface area contributed by atoms with Gasteiger partial charge < -0.3 is 0 Å². The van der Waals surface area contributed by atoms with Crippen LogP contribution in [0.1, 0.15) is 38.9 Å². The minimum absolute atomic E-state index is 0.172. The maximum Gasteiger partial charge on any atom is 0.270 e. The highest BCUT2D eigenvalue weighted by molar-refractivity contribution is 8.28. The first kappa shape index (κ1) is 75.8. The molecular weight excluding hydrogens is 1180 g/mol. The topological polar surface area (TPSA) is 147 Å². The van der Waals surface area contributed by atoms with E-state index in [1.54, 1.807) is 60.7 Å². The summed E-state index contributed by atoms with van der Waals surface area (Å²) in [5, 5.41) is 41.4. The van der Waals surface area contributed by atoms with Gasteiger partial charge in [0, 0.05) is 253 Å². The standard InChI is InChI=1S/C32H12N6.C26H12N2O2.B31/c1-36-26(17-34)30-22-15-23-24(14-21(22)25(16-33)28(30)19-10-6-4-7-11-19)32(38-3)29(20-12-8-5-9-13-20)31(23)27(18-35)37-2;1-28-24-18-12-17-19(13-20(18)26(30)23(24)16-10-6-3-7-11-16)25(29)22(21(17)14-27)15-8-4-2-5-9-15;1-17-25(16)29(24(14)15)31(28(22(10)11)23(12)13)30(26(18(2)3)19(4)5)27(20(6)7)21(8)9/h4-15H;2-13H;/b30-26+,31-27-;;. The van der Waals surface area contributed by atoms with E-state index in [2.05, 4.69) is 31.5 Å². The first-order chi connectivity index (χ1) is 47.4. The SMILES string of the molecule is [B][B]B([B])B(B([B])[B])B(B(B([B])[B])B([B])[B])B(B(B([B])[B])B([B])[B])B(B([B])[B])B([B])[B].[C-]#[N+]C1=C(c2ccccc2)/C(=C(/C#N)[N+]#[C-])c2cc3c(cc21)C(C#N)=C(c1ccccc1)/C3=C(\C#N)[N+]#[C-].[C-]#[N+]c1c(-c2ccccc2)c(=O)c2cc3c(=O)c(-c4ccccc4)c(C#N)c3cc12. The van der Waals surface area contributed by atoms with Gasteiger partial charge in [0.05, 0.1) is 49.6 Å². The molecule has 0 fully saturated rings. The molecule has 33 radical (unpaired) electrons. The number of allylic oxidation sites excluding steroid dienone is 7. The van der Waals surface area contributed by atoms with E-state index in [-0.39, 0.29) is 44.8 Å². The smallest absolute Gasteiger partial charge is 0.270 e. The first-order valence-electron chi connectivity index (χ1n) is 30.5. The highest BCUT2D eigenvalue weighted by Crippen LogP contribution is 2.55. The highest BCUT2D eigenvalue weighted by Gasteiger charge is 2.53. The summed E-state index contributed by atoms with van der Waals surface area (Å²) < 4.78 is 0. The summed E-state index contributed by atoms with van der Waals surface area (Å²) in [6, 6.07) is 51.2. The lowest BCUT2D eigenvalue weighted by molar-refractivity contribution is 1.47. The summed E-state index contributed by atoms with van der Waals surface area (Å²) >= 11 is 0. The van der Waals surface area contributed by atoms with Crippen LogP contribution in [0, 0.1) is 71.6 Å². The monoisotopic (exact) mass is 1210 g/mol. The Hall–Kier alpha value is -8.97. The predicted octanol–water partition coefficient (Wildman–Crippen LogP) is 0.784. The fraction of sp³-hybridized carbons (Fsp3) is 0. The Balaban J connectivity index is 0.000000191. The average molecular weight is 1200 g/mol. The van der Waals surface area contributed by atoms with Crippen molar-refractivity contribution in [1.29, 1.82) is 21.0 Å². The van der Waals surface area contributed by atoms with Gasteiger partial charge in [-0.05, 0) is 78.7 Å². The van der Waals surface area contributed by atoms with Gasteiger partial charge in [-0.25, -0.2) is 29.9 Å². The molecule has 0 amide bonds. The lowest BCUT2D eigenvalue weighted by atomic mass is 8.31.